The Hall–Kier alpha value is -2.27. The van der Waals surface area contributed by atoms with Gasteiger partial charge in [0.2, 0.25) is 0 Å². The normalized spacial score (nSPS) is 20.4. The van der Waals surface area contributed by atoms with Gasteiger partial charge in [-0.2, -0.15) is 0 Å². The number of methoxy groups -OCH3 is 1. The monoisotopic (exact) mass is 460 g/mol. The van der Waals surface area contributed by atoms with Crippen LogP contribution in [0.4, 0.5) is 5.82 Å². The molecule has 2 aliphatic rings. The fourth-order valence-corrected chi connectivity index (χ4v) is 4.86. The molecule has 2 aromatic rings. The highest BCUT2D eigenvalue weighted by Crippen LogP contribution is 2.33. The predicted molar refractivity (Wildman–Crippen MR) is 125 cm³/mol. The largest absolute Gasteiger partial charge is 0.385 e. The van der Waals surface area contributed by atoms with E-state index in [0.29, 0.717) is 52.4 Å². The quantitative estimate of drug-likeness (QED) is 0.366. The zero-order valence-corrected chi connectivity index (χ0v) is 18.8. The van der Waals surface area contributed by atoms with Crippen LogP contribution in [0.5, 0.6) is 0 Å². The van der Waals surface area contributed by atoms with Gasteiger partial charge in [0.1, 0.15) is 15.8 Å². The van der Waals surface area contributed by atoms with E-state index in [2.05, 4.69) is 10.3 Å². The van der Waals surface area contributed by atoms with Crippen molar-refractivity contribution in [1.82, 2.24) is 14.3 Å². The van der Waals surface area contributed by atoms with E-state index < -0.39 is 0 Å². The average molecular weight is 461 g/mol. The van der Waals surface area contributed by atoms with Gasteiger partial charge in [-0.1, -0.05) is 30.0 Å². The highest BCUT2D eigenvalue weighted by atomic mass is 32.2. The van der Waals surface area contributed by atoms with Gasteiger partial charge in [0.05, 0.1) is 16.6 Å². The molecule has 1 unspecified atom stereocenters. The number of nitrogens with one attached hydrogen (secondary N) is 1. The van der Waals surface area contributed by atoms with Gasteiger partial charge in [-0.05, 0) is 37.5 Å². The van der Waals surface area contributed by atoms with Crippen molar-refractivity contribution in [3.05, 3.63) is 45.2 Å². The molecule has 0 radical (unpaired) electrons. The second kappa shape index (κ2) is 9.90. The minimum atomic E-state index is -0.245. The van der Waals surface area contributed by atoms with Crippen molar-refractivity contribution in [2.45, 2.75) is 25.4 Å². The summed E-state index contributed by atoms with van der Waals surface area (Å²) in [5.41, 5.74) is 0.621. The Morgan fingerprint density at radius 1 is 1.42 bits per heavy atom. The molecule has 1 amide bonds. The van der Waals surface area contributed by atoms with E-state index in [0.717, 1.165) is 19.4 Å². The van der Waals surface area contributed by atoms with Crippen LogP contribution in [0.25, 0.3) is 11.7 Å². The third kappa shape index (κ3) is 4.82. The van der Waals surface area contributed by atoms with Crippen LogP contribution in [0, 0.1) is 0 Å². The number of fused-ring (bicyclic) bond motifs is 1. The van der Waals surface area contributed by atoms with Gasteiger partial charge in [0.25, 0.3) is 11.5 Å². The molecule has 0 saturated carbocycles. The molecule has 0 spiro atoms. The molecule has 8 nitrogen and oxygen atoms in total. The maximum absolute atomic E-state index is 13.2. The van der Waals surface area contributed by atoms with E-state index in [1.165, 1.54) is 16.2 Å². The fourth-order valence-electron chi connectivity index (χ4n) is 3.57. The van der Waals surface area contributed by atoms with Crippen LogP contribution in [-0.4, -0.2) is 64.0 Å². The summed E-state index contributed by atoms with van der Waals surface area (Å²) in [6, 6.07) is 5.38. The first-order valence-electron chi connectivity index (χ1n) is 10.2. The van der Waals surface area contributed by atoms with Crippen LogP contribution < -0.4 is 10.9 Å². The summed E-state index contributed by atoms with van der Waals surface area (Å²) in [7, 11) is 1.62. The molecule has 2 saturated heterocycles. The molecule has 2 aliphatic heterocycles. The van der Waals surface area contributed by atoms with Crippen LogP contribution in [0.15, 0.2) is 34.1 Å². The zero-order valence-electron chi connectivity index (χ0n) is 17.2. The number of nitrogens with zero attached hydrogens (tertiary/aromatic N) is 3. The number of aromatic nitrogens is 2. The molecule has 4 rings (SSSR count). The lowest BCUT2D eigenvalue weighted by Gasteiger charge is -2.14. The number of rotatable bonds is 8. The van der Waals surface area contributed by atoms with Crippen LogP contribution in [-0.2, 0) is 14.3 Å². The highest BCUT2D eigenvalue weighted by molar-refractivity contribution is 8.26. The zero-order chi connectivity index (χ0) is 21.8. The summed E-state index contributed by atoms with van der Waals surface area (Å²) in [5, 5.41) is 3.26. The number of carbonyl (C=O) groups excluding carboxylic acids is 1. The molecular weight excluding hydrogens is 436 g/mol. The van der Waals surface area contributed by atoms with E-state index in [4.69, 9.17) is 21.7 Å². The minimum absolute atomic E-state index is 0.0860. The molecule has 1 N–H and O–H groups in total. The number of anilines is 1. The fraction of sp³-hybridized carbons (Fsp3) is 0.429. The van der Waals surface area contributed by atoms with Gasteiger partial charge < -0.3 is 14.8 Å². The van der Waals surface area contributed by atoms with Crippen LogP contribution >= 0.6 is 24.0 Å². The van der Waals surface area contributed by atoms with Gasteiger partial charge >= 0.3 is 0 Å². The summed E-state index contributed by atoms with van der Waals surface area (Å²) in [4.78, 5) is 32.7. The minimum Gasteiger partial charge on any atom is -0.385 e. The van der Waals surface area contributed by atoms with Crippen molar-refractivity contribution in [3.63, 3.8) is 0 Å². The number of carbonyl (C=O) groups is 1. The Morgan fingerprint density at radius 2 is 2.29 bits per heavy atom. The van der Waals surface area contributed by atoms with Crippen molar-refractivity contribution < 1.29 is 14.3 Å². The second-order valence-corrected chi connectivity index (χ2v) is 8.98. The average Bonchev–Trinajstić information content (AvgIpc) is 3.38. The maximum Gasteiger partial charge on any atom is 0.267 e. The third-order valence-corrected chi connectivity index (χ3v) is 6.55. The van der Waals surface area contributed by atoms with E-state index in [9.17, 15) is 9.59 Å². The van der Waals surface area contributed by atoms with Crippen LogP contribution in [0.1, 0.15) is 24.8 Å². The number of amides is 1. The maximum atomic E-state index is 13.2. The van der Waals surface area contributed by atoms with Crippen molar-refractivity contribution in [2.24, 2.45) is 0 Å². The second-order valence-electron chi connectivity index (χ2n) is 7.30. The summed E-state index contributed by atoms with van der Waals surface area (Å²) in [5.74, 6) is 0.241. The van der Waals surface area contributed by atoms with E-state index in [1.807, 2.05) is 6.07 Å². The number of thiocarbonyl (C=S) groups is 1. The highest BCUT2D eigenvalue weighted by Gasteiger charge is 2.32. The molecule has 0 bridgehead atoms. The van der Waals surface area contributed by atoms with Crippen LogP contribution in [0.3, 0.4) is 0 Å². The first kappa shape index (κ1) is 21.9. The smallest absolute Gasteiger partial charge is 0.267 e. The van der Waals surface area contributed by atoms with Crippen LogP contribution in [0.2, 0.25) is 0 Å². The Labute approximate surface area is 189 Å². The molecule has 2 fully saturated rings. The lowest BCUT2D eigenvalue weighted by atomic mass is 10.2. The topological polar surface area (TPSA) is 85.2 Å². The van der Waals surface area contributed by atoms with Crippen molar-refractivity contribution in [2.75, 3.05) is 38.7 Å². The lowest BCUT2D eigenvalue weighted by molar-refractivity contribution is -0.122. The van der Waals surface area contributed by atoms with E-state index in [1.54, 1.807) is 36.4 Å². The standard InChI is InChI=1S/C21H24N4O4S2/c1-28-10-5-9-25-20(27)16(31-21(25)30)12-15-18(22-13-14-6-4-11-29-14)23-17-7-2-3-8-24(17)19(15)26/h2-3,7-8,12,14,22H,4-6,9-11,13H2,1H3/b16-12-. The van der Waals surface area contributed by atoms with Crippen molar-refractivity contribution >= 4 is 51.7 Å². The molecule has 4 heterocycles. The van der Waals surface area contributed by atoms with E-state index >= 15 is 0 Å². The van der Waals surface area contributed by atoms with Gasteiger partial charge in [-0.25, -0.2) is 4.98 Å². The third-order valence-electron chi connectivity index (χ3n) is 5.17. The van der Waals surface area contributed by atoms with E-state index in [-0.39, 0.29) is 17.6 Å². The van der Waals surface area contributed by atoms with Gasteiger partial charge in [-0.15, -0.1) is 0 Å². The van der Waals surface area contributed by atoms with Gasteiger partial charge in [0, 0.05) is 39.6 Å². The Balaban J connectivity index is 1.67. The van der Waals surface area contributed by atoms with Crippen molar-refractivity contribution in [1.29, 1.82) is 0 Å². The summed E-state index contributed by atoms with van der Waals surface area (Å²) in [6.07, 6.45) is 6.03. The molecule has 1 atom stereocenters. The Morgan fingerprint density at radius 3 is 3.06 bits per heavy atom. The predicted octanol–water partition coefficient (Wildman–Crippen LogP) is 2.52. The number of ether oxygens (including phenoxy) is 2. The first-order chi connectivity index (χ1) is 15.1. The Kier molecular flexibility index (Phi) is 7.01. The molecule has 31 heavy (non-hydrogen) atoms. The molecule has 164 valence electrons. The Bertz CT molecular complexity index is 1080. The van der Waals surface area contributed by atoms with Crippen molar-refractivity contribution in [3.8, 4) is 0 Å². The lowest BCUT2D eigenvalue weighted by Crippen LogP contribution is -2.29. The molecule has 0 aliphatic carbocycles. The number of hydrogen-bond acceptors (Lipinski definition) is 8. The molecule has 10 heteroatoms. The number of thioether (sulfide) groups is 1. The molecule has 2 aromatic heterocycles. The summed E-state index contributed by atoms with van der Waals surface area (Å²) < 4.78 is 12.7. The van der Waals surface area contributed by atoms with Gasteiger partial charge in [0.15, 0.2) is 0 Å². The SMILES string of the molecule is COCCCN1C(=O)/C(=C/c2c(NCC3CCCO3)nc3ccccn3c2=O)SC1=S. The number of pyridine rings is 1. The summed E-state index contributed by atoms with van der Waals surface area (Å²) in [6.45, 7) is 2.32. The first-order valence-corrected chi connectivity index (χ1v) is 11.4. The summed E-state index contributed by atoms with van der Waals surface area (Å²) >= 11 is 6.58. The molecule has 0 aromatic carbocycles. The molecular formula is C21H24N4O4S2. The number of hydrogen-bond donors (Lipinski definition) is 1. The van der Waals surface area contributed by atoms with Gasteiger partial charge in [-0.3, -0.25) is 18.9 Å².